The molecule has 1 aliphatic heterocycles. The molecule has 1 heterocycles. The van der Waals surface area contributed by atoms with Crippen molar-refractivity contribution < 1.29 is 19.9 Å². The van der Waals surface area contributed by atoms with E-state index in [-0.39, 0.29) is 23.6 Å². The quantitative estimate of drug-likeness (QED) is 0.478. The molecule has 31 heavy (non-hydrogen) atoms. The molecule has 0 spiro atoms. The Bertz CT molecular complexity index is 1000. The highest BCUT2D eigenvalue weighted by Crippen LogP contribution is 2.54. The first-order valence-corrected chi connectivity index (χ1v) is 9.48. The Balaban J connectivity index is 0.00000107. The van der Waals surface area contributed by atoms with Crippen molar-refractivity contribution in [2.45, 2.75) is 12.8 Å². The number of carboxylic acid groups (broad SMARTS) is 1. The van der Waals surface area contributed by atoms with E-state index in [0.717, 1.165) is 0 Å². The number of nitrogens with zero attached hydrogens (tertiary/aromatic N) is 4. The van der Waals surface area contributed by atoms with Gasteiger partial charge in [0.1, 0.15) is 0 Å². The van der Waals surface area contributed by atoms with Crippen LogP contribution in [-0.4, -0.2) is 52.7 Å². The molecule has 10 heteroatoms. The van der Waals surface area contributed by atoms with E-state index < -0.39 is 28.1 Å². The van der Waals surface area contributed by atoms with Crippen LogP contribution < -0.4 is 5.73 Å². The van der Waals surface area contributed by atoms with Crippen molar-refractivity contribution in [2.75, 3.05) is 26.7 Å². The number of aliphatic hydroxyl groups is 1. The maximum atomic E-state index is 11.9. The summed E-state index contributed by atoms with van der Waals surface area (Å²) in [4.78, 5) is 24.3. The molecule has 0 saturated heterocycles. The van der Waals surface area contributed by atoms with Gasteiger partial charge in [-0.15, -0.1) is 0 Å². The van der Waals surface area contributed by atoms with Crippen LogP contribution in [0, 0.1) is 44.1 Å². The number of likely N-dealkylation sites (N-methyl/N-ethyl adjacent to an activating group) is 1. The summed E-state index contributed by atoms with van der Waals surface area (Å²) in [6, 6.07) is 9.50. The fourth-order valence-corrected chi connectivity index (χ4v) is 4.12. The van der Waals surface area contributed by atoms with E-state index >= 15 is 0 Å². The van der Waals surface area contributed by atoms with Crippen molar-refractivity contribution in [3.63, 3.8) is 0 Å². The van der Waals surface area contributed by atoms with Gasteiger partial charge in [0.15, 0.2) is 5.41 Å². The molecule has 2 aliphatic rings. The zero-order valence-corrected chi connectivity index (χ0v) is 17.1. The van der Waals surface area contributed by atoms with Crippen LogP contribution >= 0.6 is 0 Å². The number of aliphatic carboxylic acids is 1. The number of carbonyl (C=O) groups is 1. The van der Waals surface area contributed by atoms with E-state index in [1.807, 2.05) is 24.1 Å². The second-order valence-corrected chi connectivity index (χ2v) is 7.26. The Morgan fingerprint density at radius 1 is 1.35 bits per heavy atom. The molecule has 0 unspecified atom stereocenters. The van der Waals surface area contributed by atoms with E-state index in [2.05, 4.69) is 0 Å². The minimum Gasteiger partial charge on any atom is -0.478 e. The van der Waals surface area contributed by atoms with Gasteiger partial charge in [-0.3, -0.25) is 10.1 Å². The number of carboxylic acids is 1. The lowest BCUT2D eigenvalue weighted by Crippen LogP contribution is -2.48. The molecule has 0 radical (unpaired) electrons. The number of rotatable bonds is 3. The SMILES string of the molecule is CCO.CN1CC=C2C(C(=O)O)=C(N)C(C#N)(C#N)[C@@H](c3ccc([N+](=O)[O-])cc3)[C@@H]2C1. The first-order chi connectivity index (χ1) is 14.7. The molecule has 0 amide bonds. The fraction of sp³-hybridized carbons (Fsp3) is 0.381. The number of aliphatic hydroxyl groups excluding tert-OH is 1. The number of nitrogens with two attached hydrogens (primary N) is 1. The van der Waals surface area contributed by atoms with Crippen LogP contribution in [-0.2, 0) is 4.79 Å². The number of allylic oxidation sites excluding steroid dienone is 1. The lowest BCUT2D eigenvalue weighted by atomic mass is 9.58. The average Bonchev–Trinajstić information content (AvgIpc) is 2.73. The number of hydrogen-bond acceptors (Lipinski definition) is 8. The van der Waals surface area contributed by atoms with Crippen LogP contribution in [0.15, 0.2) is 47.2 Å². The lowest BCUT2D eigenvalue weighted by molar-refractivity contribution is -0.384. The maximum Gasteiger partial charge on any atom is 0.337 e. The van der Waals surface area contributed by atoms with Crippen molar-refractivity contribution in [1.82, 2.24) is 4.90 Å². The van der Waals surface area contributed by atoms with E-state index in [1.165, 1.54) is 24.3 Å². The summed E-state index contributed by atoms with van der Waals surface area (Å²) >= 11 is 0. The first kappa shape index (κ1) is 23.5. The number of nitro benzene ring substituents is 1. The van der Waals surface area contributed by atoms with Gasteiger partial charge in [-0.2, -0.15) is 10.5 Å². The van der Waals surface area contributed by atoms with Gasteiger partial charge in [-0.05, 0) is 25.1 Å². The molecule has 0 saturated carbocycles. The molecule has 3 rings (SSSR count). The summed E-state index contributed by atoms with van der Waals surface area (Å²) in [5, 5.41) is 48.1. The summed E-state index contributed by atoms with van der Waals surface area (Å²) in [7, 11) is 1.85. The second kappa shape index (κ2) is 9.39. The number of fused-ring (bicyclic) bond motifs is 1. The summed E-state index contributed by atoms with van der Waals surface area (Å²) < 4.78 is 0. The Labute approximate surface area is 179 Å². The van der Waals surface area contributed by atoms with Crippen LogP contribution in [0.4, 0.5) is 5.69 Å². The Morgan fingerprint density at radius 2 is 1.90 bits per heavy atom. The van der Waals surface area contributed by atoms with Gasteiger partial charge in [-0.1, -0.05) is 18.2 Å². The molecular weight excluding hydrogens is 402 g/mol. The topological polar surface area (TPSA) is 178 Å². The number of benzene rings is 1. The highest BCUT2D eigenvalue weighted by Gasteiger charge is 2.55. The van der Waals surface area contributed by atoms with E-state index in [0.29, 0.717) is 24.2 Å². The highest BCUT2D eigenvalue weighted by molar-refractivity contribution is 5.94. The maximum absolute atomic E-state index is 11.9. The zero-order valence-electron chi connectivity index (χ0n) is 17.1. The largest absolute Gasteiger partial charge is 0.478 e. The van der Waals surface area contributed by atoms with Gasteiger partial charge in [0.05, 0.1) is 28.3 Å². The number of non-ortho nitro benzene ring substituents is 1. The van der Waals surface area contributed by atoms with Crippen molar-refractivity contribution in [3.05, 3.63) is 62.9 Å². The van der Waals surface area contributed by atoms with Gasteiger partial charge in [0, 0.05) is 43.7 Å². The predicted octanol–water partition coefficient (Wildman–Crippen LogP) is 1.51. The molecule has 0 fully saturated rings. The molecule has 10 nitrogen and oxygen atoms in total. The summed E-state index contributed by atoms with van der Waals surface area (Å²) in [5.74, 6) is -2.52. The number of nitro groups is 1. The summed E-state index contributed by atoms with van der Waals surface area (Å²) in [6.07, 6.45) is 1.75. The Hall–Kier alpha value is -3.73. The smallest absolute Gasteiger partial charge is 0.337 e. The normalized spacial score (nSPS) is 22.0. The molecule has 4 N–H and O–H groups in total. The minimum atomic E-state index is -1.90. The highest BCUT2D eigenvalue weighted by atomic mass is 16.6. The fourth-order valence-electron chi connectivity index (χ4n) is 4.12. The zero-order chi connectivity index (χ0) is 23.3. The van der Waals surface area contributed by atoms with Crippen LogP contribution in [0.25, 0.3) is 0 Å². The average molecular weight is 425 g/mol. The standard InChI is InChI=1S/C19H17N5O4.C2H6O/c1-23-7-6-13-14(8-23)16(11-2-4-12(5-3-11)24(27)28)19(9-20,10-21)17(22)15(13)18(25)26;1-2-3/h2-6,14,16H,7-8,22H2,1H3,(H,25,26);3H,2H2,1H3/t14-,16+;/m1./s1. The third kappa shape index (κ3) is 4.12. The van der Waals surface area contributed by atoms with Crippen LogP contribution in [0.3, 0.4) is 0 Å². The predicted molar refractivity (Wildman–Crippen MR) is 110 cm³/mol. The molecule has 1 aromatic carbocycles. The van der Waals surface area contributed by atoms with Gasteiger partial charge in [-0.25, -0.2) is 4.79 Å². The second-order valence-electron chi connectivity index (χ2n) is 7.26. The van der Waals surface area contributed by atoms with E-state index in [4.69, 9.17) is 10.8 Å². The first-order valence-electron chi connectivity index (χ1n) is 9.48. The molecule has 0 aromatic heterocycles. The summed E-state index contributed by atoms with van der Waals surface area (Å²) in [5.41, 5.74) is 4.63. The molecule has 162 valence electrons. The van der Waals surface area contributed by atoms with Gasteiger partial charge >= 0.3 is 5.97 Å². The van der Waals surface area contributed by atoms with Gasteiger partial charge in [0.2, 0.25) is 0 Å². The van der Waals surface area contributed by atoms with Crippen molar-refractivity contribution in [1.29, 1.82) is 10.5 Å². The Kier molecular flexibility index (Phi) is 7.13. The third-order valence-electron chi connectivity index (χ3n) is 5.41. The third-order valence-corrected chi connectivity index (χ3v) is 5.41. The summed E-state index contributed by atoms with van der Waals surface area (Å²) in [6.45, 7) is 2.86. The van der Waals surface area contributed by atoms with Crippen LogP contribution in [0.2, 0.25) is 0 Å². The van der Waals surface area contributed by atoms with Crippen molar-refractivity contribution in [2.24, 2.45) is 17.1 Å². The van der Waals surface area contributed by atoms with Crippen molar-refractivity contribution in [3.8, 4) is 12.1 Å². The Morgan fingerprint density at radius 3 is 2.35 bits per heavy atom. The van der Waals surface area contributed by atoms with E-state index in [9.17, 15) is 30.5 Å². The minimum absolute atomic E-state index is 0.120. The lowest BCUT2D eigenvalue weighted by Gasteiger charge is -2.45. The number of hydrogen-bond donors (Lipinski definition) is 3. The van der Waals surface area contributed by atoms with Crippen LogP contribution in [0.5, 0.6) is 0 Å². The number of nitriles is 2. The van der Waals surface area contributed by atoms with Gasteiger partial charge < -0.3 is 20.8 Å². The molecule has 2 atom stereocenters. The molecule has 1 aromatic rings. The monoisotopic (exact) mass is 425 g/mol. The molecule has 0 bridgehead atoms. The molecular formula is C21H23N5O5. The van der Waals surface area contributed by atoms with Crippen LogP contribution in [0.1, 0.15) is 18.4 Å². The van der Waals surface area contributed by atoms with Gasteiger partial charge in [0.25, 0.3) is 5.69 Å². The van der Waals surface area contributed by atoms with Crippen molar-refractivity contribution >= 4 is 11.7 Å². The van der Waals surface area contributed by atoms with E-state index in [1.54, 1.807) is 13.0 Å². The molecule has 1 aliphatic carbocycles.